The molecule has 0 saturated heterocycles. The first-order chi connectivity index (χ1) is 14.7. The van der Waals surface area contributed by atoms with Crippen molar-refractivity contribution < 1.29 is 26.2 Å². The van der Waals surface area contributed by atoms with Crippen molar-refractivity contribution in [2.75, 3.05) is 0 Å². The van der Waals surface area contributed by atoms with E-state index in [1.807, 2.05) is 13.8 Å². The lowest BCUT2D eigenvalue weighted by atomic mass is 10.1. The van der Waals surface area contributed by atoms with Crippen molar-refractivity contribution in [1.29, 1.82) is 0 Å². The Labute approximate surface area is 185 Å². The highest BCUT2D eigenvalue weighted by molar-refractivity contribution is 7.87. The Morgan fingerprint density at radius 1 is 1.19 bits per heavy atom. The number of hydrogen-bond donors (Lipinski definition) is 0. The number of halogens is 2. The molecule has 3 rings (SSSR count). The summed E-state index contributed by atoms with van der Waals surface area (Å²) < 4.78 is 49.1. The van der Waals surface area contributed by atoms with Crippen LogP contribution in [0.3, 0.4) is 0 Å². The van der Waals surface area contributed by atoms with Gasteiger partial charge >= 0.3 is 10.1 Å². The Bertz CT molecular complexity index is 1150. The third-order valence-corrected chi connectivity index (χ3v) is 6.26. The van der Waals surface area contributed by atoms with Crippen LogP contribution in [0.2, 0.25) is 5.02 Å². The van der Waals surface area contributed by atoms with Crippen LogP contribution < -0.4 is 4.18 Å². The van der Waals surface area contributed by atoms with Gasteiger partial charge in [-0.2, -0.15) is 8.42 Å². The quantitative estimate of drug-likeness (QED) is 0.423. The van der Waals surface area contributed by atoms with Crippen LogP contribution in [0.5, 0.6) is 5.75 Å². The van der Waals surface area contributed by atoms with Gasteiger partial charge in [-0.3, -0.25) is 4.79 Å². The van der Waals surface area contributed by atoms with E-state index in [0.29, 0.717) is 17.0 Å². The van der Waals surface area contributed by atoms with Crippen molar-refractivity contribution in [1.82, 2.24) is 4.90 Å². The van der Waals surface area contributed by atoms with Crippen molar-refractivity contribution in [2.24, 2.45) is 0 Å². The zero-order valence-corrected chi connectivity index (χ0v) is 18.5. The maximum Gasteiger partial charge on any atom is 0.339 e. The van der Waals surface area contributed by atoms with Crippen molar-refractivity contribution >= 4 is 27.6 Å². The molecule has 2 aromatic carbocycles. The summed E-state index contributed by atoms with van der Waals surface area (Å²) in [6.07, 6.45) is 2.07. The molecule has 164 valence electrons. The van der Waals surface area contributed by atoms with E-state index in [2.05, 4.69) is 0 Å². The first kappa shape index (κ1) is 22.8. The third-order valence-electron chi connectivity index (χ3n) is 4.78. The van der Waals surface area contributed by atoms with E-state index in [9.17, 15) is 17.6 Å². The lowest BCUT2D eigenvalue weighted by Crippen LogP contribution is -2.37. The summed E-state index contributed by atoms with van der Waals surface area (Å²) in [5, 5.41) is 0.357. The molecule has 0 aliphatic rings. The van der Waals surface area contributed by atoms with E-state index in [1.54, 1.807) is 23.1 Å². The minimum Gasteiger partial charge on any atom is -0.459 e. The molecule has 0 radical (unpaired) electrons. The van der Waals surface area contributed by atoms with Gasteiger partial charge in [0.25, 0.3) is 5.91 Å². The predicted octanol–water partition coefficient (Wildman–Crippen LogP) is 5.28. The number of nitrogens with zero attached hydrogens (tertiary/aromatic N) is 1. The number of amides is 1. The fourth-order valence-electron chi connectivity index (χ4n) is 2.89. The topological polar surface area (TPSA) is 76.8 Å². The zero-order valence-electron chi connectivity index (χ0n) is 16.9. The molecule has 1 aromatic heterocycles. The molecule has 0 aliphatic carbocycles. The molecule has 0 spiro atoms. The molecule has 0 aliphatic heterocycles. The van der Waals surface area contributed by atoms with Crippen LogP contribution >= 0.6 is 11.6 Å². The van der Waals surface area contributed by atoms with Crippen LogP contribution in [0.1, 0.15) is 36.4 Å². The van der Waals surface area contributed by atoms with Gasteiger partial charge in [0.1, 0.15) is 16.5 Å². The lowest BCUT2D eigenvalue weighted by Gasteiger charge is -2.28. The molecule has 1 atom stereocenters. The molecule has 31 heavy (non-hydrogen) atoms. The largest absolute Gasteiger partial charge is 0.459 e. The number of benzene rings is 2. The first-order valence-corrected chi connectivity index (χ1v) is 11.3. The van der Waals surface area contributed by atoms with Gasteiger partial charge in [-0.05, 0) is 67.9 Å². The minimum atomic E-state index is -4.22. The second-order valence-electron chi connectivity index (χ2n) is 6.91. The van der Waals surface area contributed by atoms with Crippen LogP contribution in [-0.4, -0.2) is 25.3 Å². The summed E-state index contributed by atoms with van der Waals surface area (Å²) in [7, 11) is -4.22. The molecule has 3 aromatic rings. The van der Waals surface area contributed by atoms with Gasteiger partial charge in [0.05, 0.1) is 12.8 Å². The van der Waals surface area contributed by atoms with Crippen LogP contribution in [0.25, 0.3) is 0 Å². The van der Waals surface area contributed by atoms with Gasteiger partial charge in [-0.15, -0.1) is 0 Å². The van der Waals surface area contributed by atoms with Gasteiger partial charge in [-0.25, -0.2) is 4.39 Å². The average molecular weight is 466 g/mol. The second kappa shape index (κ2) is 9.53. The second-order valence-corrected chi connectivity index (χ2v) is 8.89. The van der Waals surface area contributed by atoms with Gasteiger partial charge in [0.15, 0.2) is 5.76 Å². The van der Waals surface area contributed by atoms with Crippen LogP contribution in [0.4, 0.5) is 4.39 Å². The molecule has 1 heterocycles. The Kier molecular flexibility index (Phi) is 7.02. The highest BCUT2D eigenvalue weighted by Crippen LogP contribution is 2.29. The number of furan rings is 1. The summed E-state index contributed by atoms with van der Waals surface area (Å²) in [5.74, 6) is -0.712. The molecule has 6 nitrogen and oxygen atoms in total. The average Bonchev–Trinajstić information content (AvgIpc) is 3.28. The summed E-state index contributed by atoms with van der Waals surface area (Å²) in [6.45, 7) is 3.85. The summed E-state index contributed by atoms with van der Waals surface area (Å²) in [5.41, 5.74) is 0.401. The summed E-state index contributed by atoms with van der Waals surface area (Å²) in [6, 6.07) is 11.8. The molecular formula is C22H21ClFNO5S. The zero-order chi connectivity index (χ0) is 22.6. The monoisotopic (exact) mass is 465 g/mol. The minimum absolute atomic E-state index is 0.0225. The van der Waals surface area contributed by atoms with E-state index < -0.39 is 15.9 Å². The smallest absolute Gasteiger partial charge is 0.339 e. The molecular weight excluding hydrogens is 445 g/mol. The van der Waals surface area contributed by atoms with Gasteiger partial charge in [0, 0.05) is 16.6 Å². The number of carbonyl (C=O) groups is 1. The van der Waals surface area contributed by atoms with Gasteiger partial charge in [0.2, 0.25) is 0 Å². The van der Waals surface area contributed by atoms with Crippen molar-refractivity contribution in [2.45, 2.75) is 37.8 Å². The Morgan fingerprint density at radius 3 is 2.52 bits per heavy atom. The predicted molar refractivity (Wildman–Crippen MR) is 114 cm³/mol. The molecule has 0 saturated carbocycles. The van der Waals surface area contributed by atoms with E-state index in [4.69, 9.17) is 20.2 Å². The van der Waals surface area contributed by atoms with Crippen LogP contribution in [0.15, 0.2) is 70.2 Å². The van der Waals surface area contributed by atoms with Crippen LogP contribution in [0, 0.1) is 5.82 Å². The van der Waals surface area contributed by atoms with E-state index >= 15 is 0 Å². The molecule has 0 fully saturated rings. The highest BCUT2D eigenvalue weighted by Gasteiger charge is 2.26. The van der Waals surface area contributed by atoms with E-state index in [1.165, 1.54) is 18.4 Å². The number of hydrogen-bond acceptors (Lipinski definition) is 5. The number of carbonyl (C=O) groups excluding carboxylic acids is 1. The molecule has 0 bridgehead atoms. The summed E-state index contributed by atoms with van der Waals surface area (Å²) >= 11 is 6.13. The molecule has 1 amide bonds. The van der Waals surface area contributed by atoms with E-state index in [-0.39, 0.29) is 34.9 Å². The highest BCUT2D eigenvalue weighted by atomic mass is 35.5. The van der Waals surface area contributed by atoms with Gasteiger partial charge in [-0.1, -0.05) is 18.5 Å². The Hall–Kier alpha value is -2.84. The van der Waals surface area contributed by atoms with Crippen molar-refractivity contribution in [3.05, 3.63) is 83.0 Å². The maximum absolute atomic E-state index is 13.2. The SMILES string of the molecule is CCC(C)N(Cc1cc(Cl)ccc1OS(=O)(=O)c1ccc(F)cc1)C(=O)c1ccco1. The van der Waals surface area contributed by atoms with Crippen LogP contribution in [-0.2, 0) is 16.7 Å². The standard InChI is InChI=1S/C22H21ClFNO5S/c1-3-15(2)25(22(26)21-5-4-12-29-21)14-16-13-17(23)6-11-20(16)30-31(27,28)19-9-7-18(24)8-10-19/h4-13,15H,3,14H2,1-2H3. The first-order valence-electron chi connectivity index (χ1n) is 9.54. The lowest BCUT2D eigenvalue weighted by molar-refractivity contribution is 0.0638. The third kappa shape index (κ3) is 5.45. The fourth-order valence-corrected chi connectivity index (χ4v) is 4.05. The van der Waals surface area contributed by atoms with E-state index in [0.717, 1.165) is 24.3 Å². The molecule has 1 unspecified atom stereocenters. The normalized spacial score (nSPS) is 12.4. The van der Waals surface area contributed by atoms with Gasteiger partial charge < -0.3 is 13.5 Å². The summed E-state index contributed by atoms with van der Waals surface area (Å²) in [4.78, 5) is 14.3. The molecule has 9 heteroatoms. The number of rotatable bonds is 8. The molecule has 0 N–H and O–H groups in total. The Balaban J connectivity index is 1.94. The Morgan fingerprint density at radius 2 is 1.90 bits per heavy atom. The van der Waals surface area contributed by atoms with Crippen molar-refractivity contribution in [3.63, 3.8) is 0 Å². The fraction of sp³-hybridized carbons (Fsp3) is 0.227. The van der Waals surface area contributed by atoms with Crippen molar-refractivity contribution in [3.8, 4) is 5.75 Å². The maximum atomic E-state index is 13.2.